The maximum absolute atomic E-state index is 13.7. The van der Waals surface area contributed by atoms with Crippen LogP contribution < -0.4 is 16.0 Å². The van der Waals surface area contributed by atoms with Crippen LogP contribution in [0.15, 0.2) is 72.6 Å². The number of aliphatic hydroxyl groups excluding tert-OH is 1. The molecule has 16 nitrogen and oxygen atoms in total. The lowest BCUT2D eigenvalue weighted by molar-refractivity contribution is -0.136. The normalized spacial score (nSPS) is 26.9. The standard InChI is InChI=1S/C52H68N12O4S/c1-33(36-7-9-37(10-8-36)50-34(2)55-32-69-50)56-52(67)48-23-42(65)30-64(48)62-19-13-35(14-20-62)25-59-17-15-43(16-18-59)68-44-21-41(22-44)61-26-38(54-31-61)27-63-39-11-12-40(63)29-60(28-39)47-24-46(57-58-51(47)53)45-5-3-4-6-49(45)66/h3-10,24,26,31-33,35,39-44,48,65-66H,11-23,25,27-30H2,1-2H3,(H2,53,58)(H,56,67)/t33-,39?,40?,41?,42+,44?,48-/m0/s1. The molecular weight excluding hydrogens is 889 g/mol. The molecule has 1 amide bonds. The molecule has 0 spiro atoms. The first-order valence-corrected chi connectivity index (χ1v) is 26.3. The number of aryl methyl sites for hydroxylation is 1. The first kappa shape index (κ1) is 46.4. The number of para-hydroxylation sites is 1. The van der Waals surface area contributed by atoms with Crippen LogP contribution in [-0.4, -0.2) is 149 Å². The minimum atomic E-state index is -0.504. The number of β-amino-alcohol motifs (C(OH)–C–C–N with tert-alkyl or cyclic N) is 1. The lowest BCUT2D eigenvalue weighted by atomic mass is 9.88. The summed E-state index contributed by atoms with van der Waals surface area (Å²) in [5, 5.41) is 37.5. The summed E-state index contributed by atoms with van der Waals surface area (Å²) in [5.74, 6) is 1.23. The number of nitrogens with two attached hydrogens (primary N) is 1. The Bertz CT molecular complexity index is 2540. The highest BCUT2D eigenvalue weighted by Crippen LogP contribution is 2.40. The van der Waals surface area contributed by atoms with Crippen molar-refractivity contribution in [3.8, 4) is 27.4 Å². The number of carbonyl (C=O) groups excluding carboxylic acids is 1. The summed E-state index contributed by atoms with van der Waals surface area (Å²) >= 11 is 1.64. The van der Waals surface area contributed by atoms with Crippen molar-refractivity contribution in [2.24, 2.45) is 5.92 Å². The van der Waals surface area contributed by atoms with Crippen LogP contribution >= 0.6 is 11.3 Å². The molecule has 69 heavy (non-hydrogen) atoms. The zero-order valence-electron chi connectivity index (χ0n) is 40.0. The van der Waals surface area contributed by atoms with Gasteiger partial charge in [-0.3, -0.25) is 9.69 Å². The van der Waals surface area contributed by atoms with E-state index in [0.29, 0.717) is 66.3 Å². The second-order valence-corrected chi connectivity index (χ2v) is 21.6. The van der Waals surface area contributed by atoms with E-state index in [1.165, 1.54) is 4.88 Å². The Labute approximate surface area is 409 Å². The number of anilines is 2. The number of hydrazine groups is 1. The Hall–Kier alpha value is -5.01. The zero-order chi connectivity index (χ0) is 47.2. The summed E-state index contributed by atoms with van der Waals surface area (Å²) in [6.45, 7) is 12.3. The number of piperazine rings is 1. The number of aromatic nitrogens is 5. The van der Waals surface area contributed by atoms with Gasteiger partial charge in [0.25, 0.3) is 0 Å². The molecule has 1 saturated carbocycles. The number of aliphatic hydroxyl groups is 1. The molecule has 3 aromatic heterocycles. The number of nitrogen functional groups attached to an aromatic ring is 1. The molecule has 5 atom stereocenters. The van der Waals surface area contributed by atoms with Crippen molar-refractivity contribution in [2.45, 2.75) is 127 Å². The number of carbonyl (C=O) groups is 1. The summed E-state index contributed by atoms with van der Waals surface area (Å²) in [6.07, 6.45) is 13.6. The molecule has 6 fully saturated rings. The van der Waals surface area contributed by atoms with Crippen LogP contribution in [0.25, 0.3) is 21.7 Å². The fraction of sp³-hybridized carbons (Fsp3) is 0.558. The minimum absolute atomic E-state index is 0.0129. The molecule has 5 aromatic rings. The Morgan fingerprint density at radius 1 is 0.899 bits per heavy atom. The van der Waals surface area contributed by atoms with Gasteiger partial charge in [0.1, 0.15) is 11.8 Å². The van der Waals surface area contributed by atoms with Crippen molar-refractivity contribution in [3.05, 3.63) is 89.6 Å². The lowest BCUT2D eigenvalue weighted by Crippen LogP contribution is -2.54. The fourth-order valence-corrected chi connectivity index (χ4v) is 12.9. The summed E-state index contributed by atoms with van der Waals surface area (Å²) in [6, 6.07) is 18.3. The van der Waals surface area contributed by atoms with E-state index in [9.17, 15) is 15.0 Å². The predicted molar refractivity (Wildman–Crippen MR) is 267 cm³/mol. The van der Waals surface area contributed by atoms with Crippen LogP contribution in [0.3, 0.4) is 0 Å². The van der Waals surface area contributed by atoms with Gasteiger partial charge in [0.2, 0.25) is 5.91 Å². The van der Waals surface area contributed by atoms with E-state index in [4.69, 9.17) is 15.5 Å². The summed E-state index contributed by atoms with van der Waals surface area (Å²) in [7, 11) is 0. The van der Waals surface area contributed by atoms with E-state index in [1.54, 1.807) is 23.5 Å². The van der Waals surface area contributed by atoms with Gasteiger partial charge < -0.3 is 40.4 Å². The number of fused-ring (bicyclic) bond motifs is 2. The molecule has 0 radical (unpaired) electrons. The van der Waals surface area contributed by atoms with Crippen molar-refractivity contribution in [1.29, 1.82) is 0 Å². The largest absolute Gasteiger partial charge is 0.507 e. The molecule has 8 heterocycles. The third kappa shape index (κ3) is 10.0. The molecule has 2 bridgehead atoms. The third-order valence-electron chi connectivity index (χ3n) is 16.2. The minimum Gasteiger partial charge on any atom is -0.507 e. The van der Waals surface area contributed by atoms with Crippen molar-refractivity contribution in [3.63, 3.8) is 0 Å². The lowest BCUT2D eigenvalue weighted by Gasteiger charge is -2.43. The molecule has 6 aliphatic rings. The number of nitrogens with one attached hydrogen (secondary N) is 1. The van der Waals surface area contributed by atoms with Gasteiger partial charge in [0.15, 0.2) is 5.82 Å². The highest BCUT2D eigenvalue weighted by Gasteiger charge is 2.43. The van der Waals surface area contributed by atoms with E-state index < -0.39 is 6.10 Å². The quantitative estimate of drug-likeness (QED) is 0.101. The van der Waals surface area contributed by atoms with Crippen LogP contribution in [-0.2, 0) is 16.1 Å². The monoisotopic (exact) mass is 957 g/mol. The number of hydrogen-bond donors (Lipinski definition) is 4. The number of imidazole rings is 1. The Kier molecular flexibility index (Phi) is 13.4. The average Bonchev–Trinajstić information content (AvgIpc) is 4.14. The van der Waals surface area contributed by atoms with Gasteiger partial charge >= 0.3 is 0 Å². The van der Waals surface area contributed by atoms with Crippen LogP contribution in [0.2, 0.25) is 0 Å². The number of nitrogens with zero attached hydrogens (tertiary/aromatic N) is 10. The van der Waals surface area contributed by atoms with Gasteiger partial charge in [0.05, 0.1) is 63.8 Å². The number of aromatic hydroxyl groups is 1. The zero-order valence-corrected chi connectivity index (χ0v) is 40.8. The molecular formula is C52H68N12O4S. The number of phenolic OH excluding ortho intramolecular Hbond substituents is 1. The van der Waals surface area contributed by atoms with Gasteiger partial charge in [-0.2, -0.15) is 0 Å². The first-order chi connectivity index (χ1) is 33.6. The number of phenols is 1. The molecule has 2 unspecified atom stereocenters. The molecule has 17 heteroatoms. The number of rotatable bonds is 14. The van der Waals surface area contributed by atoms with Gasteiger partial charge in [-0.15, -0.1) is 21.5 Å². The van der Waals surface area contributed by atoms with Crippen LogP contribution in [0.1, 0.15) is 93.7 Å². The summed E-state index contributed by atoms with van der Waals surface area (Å²) < 4.78 is 9.00. The van der Waals surface area contributed by atoms with Crippen molar-refractivity contribution in [2.75, 3.05) is 63.0 Å². The number of hydrogen-bond acceptors (Lipinski definition) is 15. The molecule has 1 aliphatic carbocycles. The molecule has 5 saturated heterocycles. The summed E-state index contributed by atoms with van der Waals surface area (Å²) in [4.78, 5) is 31.8. The van der Waals surface area contributed by atoms with Crippen molar-refractivity contribution >= 4 is 28.7 Å². The SMILES string of the molecule is Cc1ncsc1-c1ccc([C@H](C)NC(=O)[C@@H]2C[C@@H](O)CN2N2CCC(CN3CCC(OC4CC(n5cnc(CN6C7CCC6CN(c6cc(-c8ccccc8O)nnc6N)C7)c5)C4)CC3)CC2)cc1. The first-order valence-electron chi connectivity index (χ1n) is 25.4. The maximum atomic E-state index is 13.7. The highest BCUT2D eigenvalue weighted by atomic mass is 32.1. The van der Waals surface area contributed by atoms with Gasteiger partial charge in [-0.25, -0.2) is 20.0 Å². The average molecular weight is 957 g/mol. The number of thiazole rings is 1. The van der Waals surface area contributed by atoms with Gasteiger partial charge in [0, 0.05) is 95.2 Å². The number of amides is 1. The number of likely N-dealkylation sites (tertiary alicyclic amines) is 1. The Morgan fingerprint density at radius 3 is 2.38 bits per heavy atom. The molecule has 366 valence electrons. The number of benzene rings is 2. The van der Waals surface area contributed by atoms with E-state index >= 15 is 0 Å². The van der Waals surface area contributed by atoms with Crippen LogP contribution in [0.4, 0.5) is 11.5 Å². The predicted octanol–water partition coefficient (Wildman–Crippen LogP) is 6.04. The van der Waals surface area contributed by atoms with E-state index in [1.807, 2.05) is 43.9 Å². The summed E-state index contributed by atoms with van der Waals surface area (Å²) in [5.41, 5.74) is 14.8. The van der Waals surface area contributed by atoms with E-state index in [2.05, 4.69) is 80.2 Å². The molecule has 11 rings (SSSR count). The highest BCUT2D eigenvalue weighted by molar-refractivity contribution is 7.13. The van der Waals surface area contributed by atoms with Crippen molar-refractivity contribution in [1.82, 2.24) is 49.9 Å². The van der Waals surface area contributed by atoms with E-state index in [-0.39, 0.29) is 23.7 Å². The number of ether oxygens (including phenoxy) is 1. The second-order valence-electron chi connectivity index (χ2n) is 20.7. The van der Waals surface area contributed by atoms with E-state index in [0.717, 1.165) is 132 Å². The molecule has 5 N–H and O–H groups in total. The molecule has 2 aromatic carbocycles. The molecule has 5 aliphatic heterocycles. The van der Waals surface area contributed by atoms with Crippen LogP contribution in [0.5, 0.6) is 5.75 Å². The maximum Gasteiger partial charge on any atom is 0.239 e. The number of piperidine rings is 2. The Morgan fingerprint density at radius 2 is 1.65 bits per heavy atom. The Balaban J connectivity index is 0.587. The van der Waals surface area contributed by atoms with Gasteiger partial charge in [-0.1, -0.05) is 36.4 Å². The van der Waals surface area contributed by atoms with Crippen molar-refractivity contribution < 1.29 is 19.7 Å². The second kappa shape index (κ2) is 20.0. The topological polar surface area (TPSA) is 177 Å². The van der Waals surface area contributed by atoms with Gasteiger partial charge in [-0.05, 0) is 100 Å². The third-order valence-corrected chi connectivity index (χ3v) is 17.1. The smallest absolute Gasteiger partial charge is 0.239 e. The van der Waals surface area contributed by atoms with Crippen LogP contribution in [0, 0.1) is 12.8 Å². The fourth-order valence-electron chi connectivity index (χ4n) is 12.1.